The molecule has 0 aromatic rings. The van der Waals surface area contributed by atoms with Crippen LogP contribution >= 0.6 is 0 Å². The molecule has 0 atom stereocenters. The van der Waals surface area contributed by atoms with Crippen LogP contribution in [-0.2, 0) is 0 Å². The van der Waals surface area contributed by atoms with E-state index in [4.69, 9.17) is 6.42 Å². The summed E-state index contributed by atoms with van der Waals surface area (Å²) in [7, 11) is 0. The lowest BCUT2D eigenvalue weighted by Gasteiger charge is -1.97. The molecule has 1 aliphatic rings. The van der Waals surface area contributed by atoms with Gasteiger partial charge in [0.25, 0.3) is 0 Å². The van der Waals surface area contributed by atoms with E-state index in [1.165, 1.54) is 0 Å². The molecule has 0 fully saturated rings. The van der Waals surface area contributed by atoms with Crippen molar-refractivity contribution in [1.82, 2.24) is 0 Å². The molecule has 40 valence electrons. The van der Waals surface area contributed by atoms with Gasteiger partial charge in [-0.15, -0.1) is 6.42 Å². The van der Waals surface area contributed by atoms with Crippen LogP contribution in [0.4, 0.5) is 0 Å². The maximum atomic E-state index is 5.12. The van der Waals surface area contributed by atoms with Gasteiger partial charge in [-0.25, -0.2) is 0 Å². The molecule has 8 heavy (non-hydrogen) atoms. The molecule has 0 aromatic carbocycles. The van der Waals surface area contributed by atoms with E-state index >= 15 is 0 Å². The van der Waals surface area contributed by atoms with Crippen LogP contribution in [0.2, 0.25) is 0 Å². The first-order chi connectivity index (χ1) is 3.93. The molecule has 0 bridgehead atoms. The van der Waals surface area contributed by atoms with Crippen molar-refractivity contribution in [3.05, 3.63) is 11.6 Å². The molecule has 0 unspecified atom stereocenters. The van der Waals surface area contributed by atoms with Crippen LogP contribution < -0.4 is 0 Å². The fraction of sp³-hybridized carbons (Fsp3) is 0.286. The molecule has 0 amide bonds. The monoisotopic (exact) mass is 105 g/mol. The summed E-state index contributed by atoms with van der Waals surface area (Å²) in [5, 5.41) is 0. The number of aliphatic imine (C=N–C) groups is 1. The molecule has 1 rings (SSSR count). The van der Waals surface area contributed by atoms with Gasteiger partial charge in [-0.05, 0) is 0 Å². The molecule has 1 nitrogen and oxygen atoms in total. The van der Waals surface area contributed by atoms with E-state index in [0.29, 0.717) is 0 Å². The Balaban J connectivity index is 2.59. The molecular weight excluding hydrogens is 98.1 g/mol. The largest absolute Gasteiger partial charge is 0.293 e. The predicted octanol–water partition coefficient (Wildman–Crippen LogP) is 1.02. The SMILES string of the molecule is C#CC1=CCN=CC1. The maximum Gasteiger partial charge on any atom is 0.0578 e. The lowest BCUT2D eigenvalue weighted by atomic mass is 10.2. The highest BCUT2D eigenvalue weighted by molar-refractivity contribution is 5.65. The number of allylic oxidation sites excluding steroid dienone is 1. The van der Waals surface area contributed by atoms with Crippen LogP contribution in [0.25, 0.3) is 0 Å². The van der Waals surface area contributed by atoms with Crippen LogP contribution in [0.5, 0.6) is 0 Å². The quantitative estimate of drug-likeness (QED) is 0.408. The average Bonchev–Trinajstić information content (AvgIpc) is 1.90. The van der Waals surface area contributed by atoms with Gasteiger partial charge >= 0.3 is 0 Å². The van der Waals surface area contributed by atoms with E-state index in [9.17, 15) is 0 Å². The number of hydrogen-bond acceptors (Lipinski definition) is 1. The van der Waals surface area contributed by atoms with Crippen molar-refractivity contribution in [3.63, 3.8) is 0 Å². The molecule has 0 aromatic heterocycles. The minimum absolute atomic E-state index is 0.763. The highest BCUT2D eigenvalue weighted by Crippen LogP contribution is 2.00. The zero-order valence-corrected chi connectivity index (χ0v) is 4.59. The highest BCUT2D eigenvalue weighted by Gasteiger charge is 1.91. The van der Waals surface area contributed by atoms with Crippen LogP contribution in [0.15, 0.2) is 16.6 Å². The Hall–Kier alpha value is -1.03. The molecule has 0 N–H and O–H groups in total. The summed E-state index contributed by atoms with van der Waals surface area (Å²) in [4.78, 5) is 3.98. The van der Waals surface area contributed by atoms with E-state index < -0.39 is 0 Å². The molecular formula is C7H7N. The Labute approximate surface area is 49.1 Å². The summed E-state index contributed by atoms with van der Waals surface area (Å²) in [6.45, 7) is 0.763. The number of rotatable bonds is 0. The van der Waals surface area contributed by atoms with E-state index in [-0.39, 0.29) is 0 Å². The standard InChI is InChI=1S/C7H7N/c1-2-7-3-5-8-6-4-7/h1,3,6H,4-5H2. The van der Waals surface area contributed by atoms with E-state index in [1.807, 2.05) is 12.3 Å². The normalized spacial score (nSPS) is 17.1. The van der Waals surface area contributed by atoms with Gasteiger partial charge in [0.2, 0.25) is 0 Å². The van der Waals surface area contributed by atoms with Gasteiger partial charge in [-0.3, -0.25) is 4.99 Å². The van der Waals surface area contributed by atoms with Gasteiger partial charge < -0.3 is 0 Å². The number of nitrogens with zero attached hydrogens (tertiary/aromatic N) is 1. The van der Waals surface area contributed by atoms with Gasteiger partial charge in [-0.1, -0.05) is 12.0 Å². The number of terminal acetylenes is 1. The van der Waals surface area contributed by atoms with Crippen molar-refractivity contribution in [3.8, 4) is 12.3 Å². The Morgan fingerprint density at radius 3 is 3.00 bits per heavy atom. The Bertz CT molecular complexity index is 169. The van der Waals surface area contributed by atoms with E-state index in [2.05, 4.69) is 10.9 Å². The average molecular weight is 105 g/mol. The molecule has 1 heteroatoms. The summed E-state index contributed by atoms with van der Waals surface area (Å²) in [5.41, 5.74) is 1.06. The third kappa shape index (κ3) is 0.974. The third-order valence-corrected chi connectivity index (χ3v) is 1.07. The van der Waals surface area contributed by atoms with Crippen molar-refractivity contribution >= 4 is 6.21 Å². The van der Waals surface area contributed by atoms with Gasteiger partial charge in [0.15, 0.2) is 0 Å². The number of dihydropyridines is 1. The lowest BCUT2D eigenvalue weighted by Crippen LogP contribution is -1.90. The fourth-order valence-corrected chi connectivity index (χ4v) is 0.602. The summed E-state index contributed by atoms with van der Waals surface area (Å²) >= 11 is 0. The first-order valence-electron chi connectivity index (χ1n) is 2.57. The molecule has 0 saturated carbocycles. The second-order valence-corrected chi connectivity index (χ2v) is 1.63. The second kappa shape index (κ2) is 2.32. The molecule has 0 spiro atoms. The van der Waals surface area contributed by atoms with Crippen LogP contribution in [0.3, 0.4) is 0 Å². The van der Waals surface area contributed by atoms with E-state index in [0.717, 1.165) is 18.5 Å². The molecule has 0 aliphatic carbocycles. The molecule has 0 saturated heterocycles. The van der Waals surface area contributed by atoms with Gasteiger partial charge in [0.1, 0.15) is 0 Å². The van der Waals surface area contributed by atoms with Crippen molar-refractivity contribution in [2.45, 2.75) is 6.42 Å². The smallest absolute Gasteiger partial charge is 0.0578 e. The van der Waals surface area contributed by atoms with Crippen LogP contribution in [-0.4, -0.2) is 12.8 Å². The predicted molar refractivity (Wildman–Crippen MR) is 34.9 cm³/mol. The second-order valence-electron chi connectivity index (χ2n) is 1.63. The highest BCUT2D eigenvalue weighted by atomic mass is 14.7. The van der Waals surface area contributed by atoms with Crippen molar-refractivity contribution in [2.75, 3.05) is 6.54 Å². The van der Waals surface area contributed by atoms with E-state index in [1.54, 1.807) is 0 Å². The molecule has 0 radical (unpaired) electrons. The lowest BCUT2D eigenvalue weighted by molar-refractivity contribution is 1.16. The Morgan fingerprint density at radius 1 is 1.75 bits per heavy atom. The van der Waals surface area contributed by atoms with Crippen molar-refractivity contribution in [2.24, 2.45) is 4.99 Å². The zero-order valence-electron chi connectivity index (χ0n) is 4.59. The van der Waals surface area contributed by atoms with Crippen LogP contribution in [0, 0.1) is 12.3 Å². The maximum absolute atomic E-state index is 5.12. The van der Waals surface area contributed by atoms with Gasteiger partial charge in [-0.2, -0.15) is 0 Å². The first kappa shape index (κ1) is 5.11. The first-order valence-corrected chi connectivity index (χ1v) is 2.57. The molecule has 1 aliphatic heterocycles. The fourth-order valence-electron chi connectivity index (χ4n) is 0.602. The van der Waals surface area contributed by atoms with Gasteiger partial charge in [0.05, 0.1) is 6.54 Å². The number of hydrogen-bond donors (Lipinski definition) is 0. The summed E-state index contributed by atoms with van der Waals surface area (Å²) in [6.07, 6.45) is 9.80. The topological polar surface area (TPSA) is 12.4 Å². The zero-order chi connectivity index (χ0) is 5.82. The Kier molecular flexibility index (Phi) is 1.48. The molecule has 1 heterocycles. The summed E-state index contributed by atoms with van der Waals surface area (Å²) < 4.78 is 0. The van der Waals surface area contributed by atoms with Crippen LogP contribution in [0.1, 0.15) is 6.42 Å². The minimum atomic E-state index is 0.763. The summed E-state index contributed by atoms with van der Waals surface area (Å²) in [6, 6.07) is 0. The minimum Gasteiger partial charge on any atom is -0.293 e. The van der Waals surface area contributed by atoms with Gasteiger partial charge in [0, 0.05) is 18.2 Å². The summed E-state index contributed by atoms with van der Waals surface area (Å²) in [5.74, 6) is 2.57. The Morgan fingerprint density at radius 2 is 2.62 bits per heavy atom. The van der Waals surface area contributed by atoms with Crippen molar-refractivity contribution in [1.29, 1.82) is 0 Å². The third-order valence-electron chi connectivity index (χ3n) is 1.07. The van der Waals surface area contributed by atoms with Crippen molar-refractivity contribution < 1.29 is 0 Å².